The molecule has 0 bridgehead atoms. The van der Waals surface area contributed by atoms with E-state index in [2.05, 4.69) is 24.2 Å². The van der Waals surface area contributed by atoms with Crippen LogP contribution in [0.15, 0.2) is 30.3 Å². The Kier molecular flexibility index (Phi) is 5.76. The molecule has 0 aromatic heterocycles. The van der Waals surface area contributed by atoms with Gasteiger partial charge in [-0.2, -0.15) is 0 Å². The molecule has 1 saturated heterocycles. The topological polar surface area (TPSA) is 41.6 Å². The van der Waals surface area contributed by atoms with Crippen LogP contribution in [-0.4, -0.2) is 44.2 Å². The molecule has 0 saturated carbocycles. The quantitative estimate of drug-likeness (QED) is 0.844. The first-order valence-electron chi connectivity index (χ1n) is 7.69. The van der Waals surface area contributed by atoms with Crippen LogP contribution >= 0.6 is 0 Å². The highest BCUT2D eigenvalue weighted by molar-refractivity contribution is 5.77. The van der Waals surface area contributed by atoms with Crippen molar-refractivity contribution in [2.45, 2.75) is 31.8 Å². The number of methoxy groups -OCH3 is 1. The molecule has 0 aliphatic carbocycles. The summed E-state index contributed by atoms with van der Waals surface area (Å²) >= 11 is 0. The maximum absolute atomic E-state index is 12.1. The number of benzene rings is 1. The van der Waals surface area contributed by atoms with Gasteiger partial charge in [-0.05, 0) is 44.8 Å². The van der Waals surface area contributed by atoms with Gasteiger partial charge in [-0.15, -0.1) is 0 Å². The van der Waals surface area contributed by atoms with Crippen molar-refractivity contribution < 1.29 is 9.53 Å². The molecule has 116 valence electrons. The van der Waals surface area contributed by atoms with Crippen molar-refractivity contribution in [3.63, 3.8) is 0 Å². The number of rotatable bonds is 5. The largest absolute Gasteiger partial charge is 0.468 e. The van der Waals surface area contributed by atoms with Crippen LogP contribution in [0, 0.1) is 5.92 Å². The van der Waals surface area contributed by atoms with Crippen molar-refractivity contribution in [3.05, 3.63) is 35.9 Å². The number of esters is 1. The molecule has 3 atom stereocenters. The minimum Gasteiger partial charge on any atom is -0.468 e. The van der Waals surface area contributed by atoms with Gasteiger partial charge in [0, 0.05) is 12.6 Å². The Morgan fingerprint density at radius 3 is 2.71 bits per heavy atom. The number of ether oxygens (including phenoxy) is 1. The predicted octanol–water partition coefficient (Wildman–Crippen LogP) is 2.22. The molecular weight excluding hydrogens is 264 g/mol. The monoisotopic (exact) mass is 290 g/mol. The van der Waals surface area contributed by atoms with Crippen LogP contribution in [0.2, 0.25) is 0 Å². The average Bonchev–Trinajstić information content (AvgIpc) is 2.52. The van der Waals surface area contributed by atoms with Crippen LogP contribution in [0.4, 0.5) is 0 Å². The molecule has 21 heavy (non-hydrogen) atoms. The van der Waals surface area contributed by atoms with Gasteiger partial charge in [0.05, 0.1) is 7.11 Å². The summed E-state index contributed by atoms with van der Waals surface area (Å²) in [7, 11) is 3.60. The molecule has 1 aromatic rings. The fraction of sp³-hybridized carbons (Fsp3) is 0.588. The van der Waals surface area contributed by atoms with E-state index in [0.717, 1.165) is 12.1 Å². The van der Waals surface area contributed by atoms with Gasteiger partial charge in [-0.3, -0.25) is 5.32 Å². The minimum absolute atomic E-state index is 0.225. The molecule has 0 amide bonds. The molecule has 1 heterocycles. The second-order valence-electron chi connectivity index (χ2n) is 5.99. The van der Waals surface area contributed by atoms with Crippen molar-refractivity contribution in [2.75, 3.05) is 27.2 Å². The molecule has 1 aromatic carbocycles. The first kappa shape index (κ1) is 16.0. The van der Waals surface area contributed by atoms with Crippen LogP contribution in [0.25, 0.3) is 0 Å². The van der Waals surface area contributed by atoms with E-state index in [4.69, 9.17) is 4.74 Å². The van der Waals surface area contributed by atoms with E-state index in [9.17, 15) is 4.79 Å². The van der Waals surface area contributed by atoms with E-state index in [1.54, 1.807) is 0 Å². The predicted molar refractivity (Wildman–Crippen MR) is 84.0 cm³/mol. The number of nitrogens with zero attached hydrogens (tertiary/aromatic N) is 1. The first-order valence-corrected chi connectivity index (χ1v) is 7.69. The Morgan fingerprint density at radius 1 is 1.38 bits per heavy atom. The smallest absolute Gasteiger partial charge is 0.327 e. The van der Waals surface area contributed by atoms with E-state index in [-0.39, 0.29) is 12.0 Å². The summed E-state index contributed by atoms with van der Waals surface area (Å²) in [5.41, 5.74) is 0.959. The average molecular weight is 290 g/mol. The van der Waals surface area contributed by atoms with E-state index < -0.39 is 6.04 Å². The van der Waals surface area contributed by atoms with Gasteiger partial charge in [-0.25, -0.2) is 4.79 Å². The third kappa shape index (κ3) is 4.29. The van der Waals surface area contributed by atoms with Gasteiger partial charge in [0.2, 0.25) is 0 Å². The highest BCUT2D eigenvalue weighted by Crippen LogP contribution is 2.22. The zero-order chi connectivity index (χ0) is 15.2. The van der Waals surface area contributed by atoms with Crippen molar-refractivity contribution in [3.8, 4) is 0 Å². The molecule has 2 rings (SSSR count). The molecule has 4 nitrogen and oxygen atoms in total. The lowest BCUT2D eigenvalue weighted by Crippen LogP contribution is -2.45. The lowest BCUT2D eigenvalue weighted by Gasteiger charge is -2.35. The van der Waals surface area contributed by atoms with Gasteiger partial charge < -0.3 is 9.64 Å². The van der Waals surface area contributed by atoms with Gasteiger partial charge in [0.1, 0.15) is 6.04 Å². The number of carbonyl (C=O) groups excluding carboxylic acids is 1. The van der Waals surface area contributed by atoms with Gasteiger partial charge in [0.15, 0.2) is 0 Å². The molecule has 3 unspecified atom stereocenters. The maximum atomic E-state index is 12.1. The fourth-order valence-electron chi connectivity index (χ4n) is 3.08. The van der Waals surface area contributed by atoms with Crippen LogP contribution in [0.1, 0.15) is 31.4 Å². The number of hydrogen-bond acceptors (Lipinski definition) is 4. The highest BCUT2D eigenvalue weighted by Gasteiger charge is 2.28. The number of carbonyl (C=O) groups is 1. The Labute approximate surface area is 127 Å². The van der Waals surface area contributed by atoms with Crippen molar-refractivity contribution in [1.82, 2.24) is 10.2 Å². The maximum Gasteiger partial charge on any atom is 0.327 e. The summed E-state index contributed by atoms with van der Waals surface area (Å²) < 4.78 is 4.96. The Morgan fingerprint density at radius 2 is 2.10 bits per heavy atom. The lowest BCUT2D eigenvalue weighted by molar-refractivity contribution is -0.143. The number of nitrogens with one attached hydrogen (secondary N) is 1. The second kappa shape index (κ2) is 7.57. The standard InChI is InChI=1S/C17H26N2O2/c1-13(15-10-7-11-19(2)12-15)18-16(17(20)21-3)14-8-5-4-6-9-14/h4-6,8-9,13,15-16,18H,7,10-12H2,1-3H3. The van der Waals surface area contributed by atoms with Crippen molar-refractivity contribution in [2.24, 2.45) is 5.92 Å². The van der Waals surface area contributed by atoms with Crippen LogP contribution in [0.5, 0.6) is 0 Å². The highest BCUT2D eigenvalue weighted by atomic mass is 16.5. The summed E-state index contributed by atoms with van der Waals surface area (Å²) in [4.78, 5) is 14.5. The Hall–Kier alpha value is -1.39. The SMILES string of the molecule is COC(=O)C(NC(C)C1CCCN(C)C1)c1ccccc1. The van der Waals surface area contributed by atoms with E-state index in [0.29, 0.717) is 5.92 Å². The zero-order valence-electron chi connectivity index (χ0n) is 13.2. The minimum atomic E-state index is -0.390. The molecule has 4 heteroatoms. The van der Waals surface area contributed by atoms with E-state index >= 15 is 0 Å². The molecule has 1 N–H and O–H groups in total. The molecule has 0 radical (unpaired) electrons. The first-order chi connectivity index (χ1) is 10.1. The molecule has 1 aliphatic rings. The zero-order valence-corrected chi connectivity index (χ0v) is 13.2. The summed E-state index contributed by atoms with van der Waals surface area (Å²) in [6.07, 6.45) is 2.43. The Balaban J connectivity index is 2.06. The lowest BCUT2D eigenvalue weighted by atomic mass is 9.91. The van der Waals surface area contributed by atoms with E-state index in [1.807, 2.05) is 30.3 Å². The van der Waals surface area contributed by atoms with Crippen LogP contribution < -0.4 is 5.32 Å². The van der Waals surface area contributed by atoms with Crippen LogP contribution in [-0.2, 0) is 9.53 Å². The molecule has 1 aliphatic heterocycles. The van der Waals surface area contributed by atoms with Gasteiger partial charge in [0.25, 0.3) is 0 Å². The van der Waals surface area contributed by atoms with Gasteiger partial charge in [-0.1, -0.05) is 30.3 Å². The Bertz CT molecular complexity index is 449. The number of likely N-dealkylation sites (tertiary alicyclic amines) is 1. The van der Waals surface area contributed by atoms with Crippen molar-refractivity contribution in [1.29, 1.82) is 0 Å². The summed E-state index contributed by atoms with van der Waals surface area (Å²) in [6.45, 7) is 4.42. The van der Waals surface area contributed by atoms with Gasteiger partial charge >= 0.3 is 5.97 Å². The third-order valence-electron chi connectivity index (χ3n) is 4.37. The number of hydrogen-bond donors (Lipinski definition) is 1. The fourth-order valence-corrected chi connectivity index (χ4v) is 3.08. The van der Waals surface area contributed by atoms with E-state index in [1.165, 1.54) is 26.5 Å². The normalized spacial score (nSPS) is 22.5. The summed E-state index contributed by atoms with van der Waals surface area (Å²) in [5.74, 6) is 0.344. The summed E-state index contributed by atoms with van der Waals surface area (Å²) in [6, 6.07) is 9.67. The third-order valence-corrected chi connectivity index (χ3v) is 4.37. The molecule has 1 fully saturated rings. The number of piperidine rings is 1. The summed E-state index contributed by atoms with van der Waals surface area (Å²) in [5, 5.41) is 3.47. The molecular formula is C17H26N2O2. The van der Waals surface area contributed by atoms with Crippen molar-refractivity contribution >= 4 is 5.97 Å². The second-order valence-corrected chi connectivity index (χ2v) is 5.99. The van der Waals surface area contributed by atoms with Crippen LogP contribution in [0.3, 0.4) is 0 Å². The molecule has 0 spiro atoms.